The van der Waals surface area contributed by atoms with Crippen molar-refractivity contribution in [3.8, 4) is 17.2 Å². The largest absolute Gasteiger partial charge is 0.496 e. The number of hydrogen-bond acceptors (Lipinski definition) is 4. The van der Waals surface area contributed by atoms with Gasteiger partial charge in [0.25, 0.3) is 5.89 Å². The van der Waals surface area contributed by atoms with E-state index in [1.165, 1.54) is 13.2 Å². The summed E-state index contributed by atoms with van der Waals surface area (Å²) in [5, 5.41) is 7.55. The summed E-state index contributed by atoms with van der Waals surface area (Å²) in [7, 11) is 1.45. The second-order valence-electron chi connectivity index (χ2n) is 3.26. The molecule has 0 radical (unpaired) electrons. The number of methoxy groups -OCH3 is 1. The lowest BCUT2D eigenvalue weighted by molar-refractivity contribution is 0.410. The highest BCUT2D eigenvalue weighted by atomic mass is 35.5. The third kappa shape index (κ3) is 2.39. The molecular weight excluding hydrogens is 247 g/mol. The lowest BCUT2D eigenvalue weighted by Gasteiger charge is -2.04. The van der Waals surface area contributed by atoms with Gasteiger partial charge in [-0.25, -0.2) is 4.39 Å². The van der Waals surface area contributed by atoms with Gasteiger partial charge in [-0.1, -0.05) is 6.07 Å². The monoisotopic (exact) mass is 256 g/mol. The lowest BCUT2D eigenvalue weighted by Crippen LogP contribution is -1.91. The zero-order valence-electron chi connectivity index (χ0n) is 9.11. The highest BCUT2D eigenvalue weighted by Gasteiger charge is 2.17. The third-order valence-electron chi connectivity index (χ3n) is 2.18. The molecule has 0 atom stereocenters. The quantitative estimate of drug-likeness (QED) is 0.789. The maximum atomic E-state index is 13.7. The number of aromatic nitrogens is 2. The van der Waals surface area contributed by atoms with Gasteiger partial charge < -0.3 is 9.15 Å². The molecule has 0 spiro atoms. The highest BCUT2D eigenvalue weighted by molar-refractivity contribution is 6.17. The number of aryl methyl sites for hydroxylation is 1. The van der Waals surface area contributed by atoms with Crippen LogP contribution in [0.15, 0.2) is 22.6 Å². The van der Waals surface area contributed by atoms with Crippen LogP contribution in [0.2, 0.25) is 0 Å². The van der Waals surface area contributed by atoms with Crippen LogP contribution in [0.3, 0.4) is 0 Å². The van der Waals surface area contributed by atoms with Gasteiger partial charge in [-0.3, -0.25) is 0 Å². The normalized spacial score (nSPS) is 10.5. The lowest BCUT2D eigenvalue weighted by atomic mass is 10.2. The average Bonchev–Trinajstić information content (AvgIpc) is 2.77. The van der Waals surface area contributed by atoms with E-state index in [1.807, 2.05) is 0 Å². The number of ether oxygens (including phenoxy) is 1. The zero-order chi connectivity index (χ0) is 12.3. The van der Waals surface area contributed by atoms with Crippen molar-refractivity contribution < 1.29 is 13.5 Å². The first-order valence-electron chi connectivity index (χ1n) is 4.97. The molecule has 17 heavy (non-hydrogen) atoms. The van der Waals surface area contributed by atoms with E-state index in [0.717, 1.165) is 0 Å². The Morgan fingerprint density at radius 2 is 2.24 bits per heavy atom. The van der Waals surface area contributed by atoms with Crippen LogP contribution in [0.1, 0.15) is 5.89 Å². The Kier molecular flexibility index (Phi) is 3.58. The van der Waals surface area contributed by atoms with Gasteiger partial charge in [0.15, 0.2) is 0 Å². The summed E-state index contributed by atoms with van der Waals surface area (Å²) in [6, 6.07) is 4.49. The van der Waals surface area contributed by atoms with E-state index in [9.17, 15) is 4.39 Å². The standard InChI is InChI=1S/C11H10ClFN2O2/c1-16-8-4-2-3-7(13)10(8)11-15-14-9(17-11)5-6-12/h2-4H,5-6H2,1H3. The van der Waals surface area contributed by atoms with Gasteiger partial charge >= 0.3 is 0 Å². The number of alkyl halides is 1. The average molecular weight is 257 g/mol. The van der Waals surface area contributed by atoms with Crippen molar-refractivity contribution in [2.75, 3.05) is 13.0 Å². The highest BCUT2D eigenvalue weighted by Crippen LogP contribution is 2.31. The molecule has 1 aromatic heterocycles. The van der Waals surface area contributed by atoms with Crippen LogP contribution in [0.5, 0.6) is 5.75 Å². The first-order chi connectivity index (χ1) is 8.26. The van der Waals surface area contributed by atoms with Gasteiger partial charge in [-0.2, -0.15) is 0 Å². The van der Waals surface area contributed by atoms with Crippen LogP contribution in [-0.2, 0) is 6.42 Å². The molecule has 0 unspecified atom stereocenters. The number of rotatable bonds is 4. The second kappa shape index (κ2) is 5.14. The van der Waals surface area contributed by atoms with Gasteiger partial charge in [0.05, 0.1) is 7.11 Å². The second-order valence-corrected chi connectivity index (χ2v) is 3.63. The van der Waals surface area contributed by atoms with Crippen molar-refractivity contribution in [2.24, 2.45) is 0 Å². The molecule has 0 aliphatic heterocycles. The van der Waals surface area contributed by atoms with E-state index in [-0.39, 0.29) is 11.5 Å². The van der Waals surface area contributed by atoms with Crippen LogP contribution < -0.4 is 4.74 Å². The topological polar surface area (TPSA) is 48.2 Å². The molecule has 0 amide bonds. The predicted octanol–water partition coefficient (Wildman–Crippen LogP) is 2.67. The van der Waals surface area contributed by atoms with E-state index in [2.05, 4.69) is 10.2 Å². The molecule has 90 valence electrons. The number of nitrogens with zero attached hydrogens (tertiary/aromatic N) is 2. The summed E-state index contributed by atoms with van der Waals surface area (Å²) in [6.07, 6.45) is 0.450. The molecule has 0 fully saturated rings. The zero-order valence-corrected chi connectivity index (χ0v) is 9.87. The smallest absolute Gasteiger partial charge is 0.254 e. The van der Waals surface area contributed by atoms with Crippen LogP contribution in [-0.4, -0.2) is 23.2 Å². The van der Waals surface area contributed by atoms with E-state index >= 15 is 0 Å². The van der Waals surface area contributed by atoms with Crippen molar-refractivity contribution >= 4 is 11.6 Å². The molecule has 2 rings (SSSR count). The summed E-state index contributed by atoms with van der Waals surface area (Å²) < 4.78 is 24.0. The summed E-state index contributed by atoms with van der Waals surface area (Å²) in [5.41, 5.74) is 0.170. The number of benzene rings is 1. The van der Waals surface area contributed by atoms with E-state index in [4.69, 9.17) is 20.8 Å². The summed E-state index contributed by atoms with van der Waals surface area (Å²) in [6.45, 7) is 0. The SMILES string of the molecule is COc1cccc(F)c1-c1nnc(CCCl)o1. The first-order valence-corrected chi connectivity index (χ1v) is 5.51. The van der Waals surface area contributed by atoms with Crippen LogP contribution in [0.4, 0.5) is 4.39 Å². The molecule has 0 aliphatic carbocycles. The minimum Gasteiger partial charge on any atom is -0.496 e. The Bertz CT molecular complexity index is 516. The van der Waals surface area contributed by atoms with Crippen molar-refractivity contribution in [1.29, 1.82) is 0 Å². The van der Waals surface area contributed by atoms with Gasteiger partial charge in [0.1, 0.15) is 17.1 Å². The Balaban J connectivity index is 2.44. The maximum absolute atomic E-state index is 13.7. The van der Waals surface area contributed by atoms with Crippen molar-refractivity contribution in [3.05, 3.63) is 29.9 Å². The predicted molar refractivity (Wildman–Crippen MR) is 60.7 cm³/mol. The van der Waals surface area contributed by atoms with Gasteiger partial charge in [-0.05, 0) is 12.1 Å². The molecule has 0 saturated heterocycles. The molecule has 1 aromatic carbocycles. The number of halogens is 2. The van der Waals surface area contributed by atoms with E-state index < -0.39 is 5.82 Å². The molecule has 2 aromatic rings. The summed E-state index contributed by atoms with van der Waals surface area (Å²) in [4.78, 5) is 0. The molecular formula is C11H10ClFN2O2. The molecule has 0 aliphatic rings. The third-order valence-corrected chi connectivity index (χ3v) is 2.37. The van der Waals surface area contributed by atoms with Gasteiger partial charge in [-0.15, -0.1) is 21.8 Å². The molecule has 6 heteroatoms. The van der Waals surface area contributed by atoms with Crippen molar-refractivity contribution in [3.63, 3.8) is 0 Å². The Labute approximate surface area is 102 Å². The van der Waals surface area contributed by atoms with Crippen molar-refractivity contribution in [1.82, 2.24) is 10.2 Å². The fourth-order valence-corrected chi connectivity index (χ4v) is 1.58. The Morgan fingerprint density at radius 3 is 2.94 bits per heavy atom. The molecule has 0 N–H and O–H groups in total. The van der Waals surface area contributed by atoms with Gasteiger partial charge in [0, 0.05) is 12.3 Å². The van der Waals surface area contributed by atoms with Crippen LogP contribution >= 0.6 is 11.6 Å². The first kappa shape index (κ1) is 11.9. The molecule has 1 heterocycles. The number of hydrogen-bond donors (Lipinski definition) is 0. The van der Waals surface area contributed by atoms with Gasteiger partial charge in [0.2, 0.25) is 5.89 Å². The minimum atomic E-state index is -0.467. The fraction of sp³-hybridized carbons (Fsp3) is 0.273. The molecule has 0 saturated carbocycles. The maximum Gasteiger partial charge on any atom is 0.254 e. The summed E-state index contributed by atoms with van der Waals surface area (Å²) >= 11 is 5.55. The Hall–Kier alpha value is -1.62. The van der Waals surface area contributed by atoms with Crippen LogP contribution in [0.25, 0.3) is 11.5 Å². The Morgan fingerprint density at radius 1 is 1.41 bits per heavy atom. The fourth-order valence-electron chi connectivity index (χ4n) is 1.42. The summed E-state index contributed by atoms with van der Waals surface area (Å²) in [5.74, 6) is 0.729. The molecule has 4 nitrogen and oxygen atoms in total. The van der Waals surface area contributed by atoms with E-state index in [1.54, 1.807) is 12.1 Å². The van der Waals surface area contributed by atoms with E-state index in [0.29, 0.717) is 23.9 Å². The van der Waals surface area contributed by atoms with Crippen molar-refractivity contribution in [2.45, 2.75) is 6.42 Å². The minimum absolute atomic E-state index is 0.0973. The molecule has 0 bridgehead atoms. The van der Waals surface area contributed by atoms with Crippen LogP contribution in [0, 0.1) is 5.82 Å².